The van der Waals surface area contributed by atoms with Crippen molar-refractivity contribution in [3.05, 3.63) is 59.7 Å². The monoisotopic (exact) mass is 383 g/mol. The molecule has 2 aromatic carbocycles. The molecule has 1 aliphatic rings. The van der Waals surface area contributed by atoms with Crippen LogP contribution in [0, 0.1) is 0 Å². The number of para-hydroxylation sites is 2. The number of benzene rings is 2. The summed E-state index contributed by atoms with van der Waals surface area (Å²) in [6, 6.07) is 16.0. The number of likely N-dealkylation sites (tertiary alicyclic amines) is 1. The molecule has 0 atom stereocenters. The summed E-state index contributed by atoms with van der Waals surface area (Å²) >= 11 is 5.39. The molecule has 2 aromatic rings. The summed E-state index contributed by atoms with van der Waals surface area (Å²) in [6.45, 7) is 4.75. The average molecular weight is 384 g/mol. The zero-order valence-corrected chi connectivity index (χ0v) is 16.3. The first-order valence-electron chi connectivity index (χ1n) is 9.28. The molecule has 1 heterocycles. The van der Waals surface area contributed by atoms with Crippen molar-refractivity contribution >= 4 is 28.9 Å². The van der Waals surface area contributed by atoms with Crippen LogP contribution in [0.2, 0.25) is 0 Å². The zero-order chi connectivity index (χ0) is 19.1. The molecule has 0 saturated carbocycles. The Bertz CT molecular complexity index is 792. The molecule has 0 aliphatic carbocycles. The third-order valence-electron chi connectivity index (χ3n) is 4.46. The molecule has 1 aliphatic heterocycles. The van der Waals surface area contributed by atoms with Crippen LogP contribution in [0.25, 0.3) is 0 Å². The van der Waals surface area contributed by atoms with E-state index in [4.69, 9.17) is 17.0 Å². The molecule has 2 N–H and O–H groups in total. The highest BCUT2D eigenvalue weighted by atomic mass is 32.1. The van der Waals surface area contributed by atoms with Gasteiger partial charge in [-0.2, -0.15) is 0 Å². The summed E-state index contributed by atoms with van der Waals surface area (Å²) in [5.41, 5.74) is 3.14. The van der Waals surface area contributed by atoms with Crippen molar-refractivity contribution in [1.29, 1.82) is 0 Å². The van der Waals surface area contributed by atoms with Crippen LogP contribution in [0.5, 0.6) is 5.75 Å². The molecular formula is C21H25N3O2S. The minimum atomic E-state index is 0.254. The summed E-state index contributed by atoms with van der Waals surface area (Å²) in [6.07, 6.45) is 1.65. The third kappa shape index (κ3) is 5.44. The van der Waals surface area contributed by atoms with Gasteiger partial charge >= 0.3 is 0 Å². The van der Waals surface area contributed by atoms with Gasteiger partial charge < -0.3 is 20.3 Å². The van der Waals surface area contributed by atoms with Crippen LogP contribution < -0.4 is 15.4 Å². The second-order valence-corrected chi connectivity index (χ2v) is 6.88. The van der Waals surface area contributed by atoms with E-state index in [-0.39, 0.29) is 5.91 Å². The van der Waals surface area contributed by atoms with Crippen molar-refractivity contribution in [3.63, 3.8) is 0 Å². The van der Waals surface area contributed by atoms with Crippen LogP contribution in [0.4, 0.5) is 5.69 Å². The lowest BCUT2D eigenvalue weighted by atomic mass is 10.1. The van der Waals surface area contributed by atoms with E-state index in [0.29, 0.717) is 31.2 Å². The number of thiocarbonyl (C=S) groups is 1. The van der Waals surface area contributed by atoms with Gasteiger partial charge in [0.15, 0.2) is 5.11 Å². The number of carbonyl (C=O) groups is 1. The Labute approximate surface area is 165 Å². The molecule has 0 spiro atoms. The van der Waals surface area contributed by atoms with Crippen LogP contribution >= 0.6 is 12.2 Å². The lowest BCUT2D eigenvalue weighted by Crippen LogP contribution is -2.28. The lowest BCUT2D eigenvalue weighted by molar-refractivity contribution is -0.128. The number of rotatable bonds is 7. The van der Waals surface area contributed by atoms with Gasteiger partial charge in [-0.15, -0.1) is 0 Å². The number of hydrogen-bond acceptors (Lipinski definition) is 3. The Morgan fingerprint density at radius 2 is 1.89 bits per heavy atom. The van der Waals surface area contributed by atoms with Crippen LogP contribution in [-0.4, -0.2) is 29.1 Å². The smallest absolute Gasteiger partial charge is 0.222 e. The molecule has 0 bridgehead atoms. The van der Waals surface area contributed by atoms with Crippen molar-refractivity contribution < 1.29 is 9.53 Å². The maximum absolute atomic E-state index is 11.7. The second-order valence-electron chi connectivity index (χ2n) is 6.47. The zero-order valence-electron chi connectivity index (χ0n) is 15.5. The molecule has 1 saturated heterocycles. The Kier molecular flexibility index (Phi) is 6.65. The number of nitrogens with zero attached hydrogens (tertiary/aromatic N) is 1. The maximum Gasteiger partial charge on any atom is 0.222 e. The van der Waals surface area contributed by atoms with E-state index in [1.54, 1.807) is 0 Å². The van der Waals surface area contributed by atoms with Gasteiger partial charge in [-0.1, -0.05) is 36.4 Å². The summed E-state index contributed by atoms with van der Waals surface area (Å²) in [5, 5.41) is 6.95. The van der Waals surface area contributed by atoms with Gasteiger partial charge in [0.1, 0.15) is 5.75 Å². The third-order valence-corrected chi connectivity index (χ3v) is 4.70. The van der Waals surface area contributed by atoms with Crippen LogP contribution in [-0.2, 0) is 17.9 Å². The van der Waals surface area contributed by atoms with E-state index in [0.717, 1.165) is 35.5 Å². The number of amides is 1. The molecule has 0 aromatic heterocycles. The average Bonchev–Trinajstić information content (AvgIpc) is 3.08. The first kappa shape index (κ1) is 19.2. The van der Waals surface area contributed by atoms with Gasteiger partial charge in [0.05, 0.1) is 12.3 Å². The van der Waals surface area contributed by atoms with Gasteiger partial charge in [-0.3, -0.25) is 4.79 Å². The van der Waals surface area contributed by atoms with E-state index in [9.17, 15) is 4.79 Å². The largest absolute Gasteiger partial charge is 0.492 e. The van der Waals surface area contributed by atoms with Crippen LogP contribution in [0.1, 0.15) is 30.9 Å². The standard InChI is InChI=1S/C21H25N3O2S/c1-2-26-19-7-4-3-6-18(19)23-21(27)22-14-16-9-11-17(12-10-16)15-24-13-5-8-20(24)25/h3-4,6-7,9-12H,2,5,8,13-15H2,1H3,(H2,22,23,27). The first-order valence-corrected chi connectivity index (χ1v) is 9.69. The Morgan fingerprint density at radius 3 is 2.59 bits per heavy atom. The van der Waals surface area contributed by atoms with Gasteiger partial charge in [0.2, 0.25) is 5.91 Å². The Morgan fingerprint density at radius 1 is 1.15 bits per heavy atom. The molecule has 3 rings (SSSR count). The van der Waals surface area contributed by atoms with Gasteiger partial charge in [-0.05, 0) is 48.8 Å². The fourth-order valence-electron chi connectivity index (χ4n) is 3.05. The topological polar surface area (TPSA) is 53.6 Å². The highest BCUT2D eigenvalue weighted by molar-refractivity contribution is 7.80. The number of carbonyl (C=O) groups excluding carboxylic acids is 1. The minimum Gasteiger partial charge on any atom is -0.492 e. The fourth-order valence-corrected chi connectivity index (χ4v) is 3.24. The van der Waals surface area contributed by atoms with Crippen molar-refractivity contribution in [3.8, 4) is 5.75 Å². The molecule has 0 radical (unpaired) electrons. The second kappa shape index (κ2) is 9.37. The minimum absolute atomic E-state index is 0.254. The lowest BCUT2D eigenvalue weighted by Gasteiger charge is -2.16. The fraction of sp³-hybridized carbons (Fsp3) is 0.333. The predicted molar refractivity (Wildman–Crippen MR) is 112 cm³/mol. The normalized spacial score (nSPS) is 13.5. The quantitative estimate of drug-likeness (QED) is 0.714. The van der Waals surface area contributed by atoms with Gasteiger partial charge in [-0.25, -0.2) is 0 Å². The van der Waals surface area contributed by atoms with E-state index in [1.165, 1.54) is 0 Å². The SMILES string of the molecule is CCOc1ccccc1NC(=S)NCc1ccc(CN2CCCC2=O)cc1. The van der Waals surface area contributed by atoms with E-state index in [2.05, 4.69) is 34.9 Å². The van der Waals surface area contributed by atoms with E-state index >= 15 is 0 Å². The van der Waals surface area contributed by atoms with Crippen molar-refractivity contribution in [2.75, 3.05) is 18.5 Å². The molecule has 142 valence electrons. The molecular weight excluding hydrogens is 358 g/mol. The van der Waals surface area contributed by atoms with Gasteiger partial charge in [0, 0.05) is 26.1 Å². The van der Waals surface area contributed by atoms with Crippen molar-refractivity contribution in [2.45, 2.75) is 32.9 Å². The molecule has 0 unspecified atom stereocenters. The number of nitrogens with one attached hydrogen (secondary N) is 2. The van der Waals surface area contributed by atoms with Gasteiger partial charge in [0.25, 0.3) is 0 Å². The summed E-state index contributed by atoms with van der Waals surface area (Å²) < 4.78 is 5.60. The summed E-state index contributed by atoms with van der Waals surface area (Å²) in [4.78, 5) is 13.6. The van der Waals surface area contributed by atoms with E-state index in [1.807, 2.05) is 36.1 Å². The molecule has 27 heavy (non-hydrogen) atoms. The Balaban J connectivity index is 1.49. The number of anilines is 1. The first-order chi connectivity index (χ1) is 13.2. The molecule has 6 heteroatoms. The summed E-state index contributed by atoms with van der Waals surface area (Å²) in [5.74, 6) is 1.04. The number of hydrogen-bond donors (Lipinski definition) is 2. The molecule has 1 fully saturated rings. The van der Waals surface area contributed by atoms with Crippen molar-refractivity contribution in [2.24, 2.45) is 0 Å². The molecule has 5 nitrogen and oxygen atoms in total. The summed E-state index contributed by atoms with van der Waals surface area (Å²) in [7, 11) is 0. The van der Waals surface area contributed by atoms with Crippen LogP contribution in [0.3, 0.4) is 0 Å². The highest BCUT2D eigenvalue weighted by Crippen LogP contribution is 2.23. The highest BCUT2D eigenvalue weighted by Gasteiger charge is 2.19. The Hall–Kier alpha value is -2.60. The van der Waals surface area contributed by atoms with E-state index < -0.39 is 0 Å². The van der Waals surface area contributed by atoms with Crippen LogP contribution in [0.15, 0.2) is 48.5 Å². The predicted octanol–water partition coefficient (Wildman–Crippen LogP) is 3.69. The number of ether oxygens (including phenoxy) is 1. The van der Waals surface area contributed by atoms with Crippen molar-refractivity contribution in [1.82, 2.24) is 10.2 Å². The maximum atomic E-state index is 11.7. The molecule has 1 amide bonds.